The number of ether oxygens (including phenoxy) is 1. The van der Waals surface area contributed by atoms with Crippen LogP contribution in [0.15, 0.2) is 48.8 Å². The highest BCUT2D eigenvalue weighted by Crippen LogP contribution is 2.35. The van der Waals surface area contributed by atoms with Crippen molar-refractivity contribution in [3.05, 3.63) is 66.0 Å². The quantitative estimate of drug-likeness (QED) is 0.485. The Morgan fingerprint density at radius 1 is 1.09 bits per heavy atom. The number of hydrogen-bond acceptors (Lipinski definition) is 6. The third-order valence-electron chi connectivity index (χ3n) is 6.80. The molecule has 0 spiro atoms. The van der Waals surface area contributed by atoms with Crippen LogP contribution in [-0.2, 0) is 4.74 Å². The van der Waals surface area contributed by atoms with Gasteiger partial charge in [0.1, 0.15) is 5.75 Å². The van der Waals surface area contributed by atoms with E-state index in [9.17, 15) is 9.50 Å². The summed E-state index contributed by atoms with van der Waals surface area (Å²) in [4.78, 5) is 6.63. The van der Waals surface area contributed by atoms with E-state index in [2.05, 4.69) is 27.0 Å². The largest absolute Gasteiger partial charge is 0.507 e. The van der Waals surface area contributed by atoms with E-state index in [1.165, 1.54) is 6.07 Å². The van der Waals surface area contributed by atoms with Crippen LogP contribution in [0.25, 0.3) is 28.0 Å². The van der Waals surface area contributed by atoms with Gasteiger partial charge in [0.25, 0.3) is 0 Å². The summed E-state index contributed by atoms with van der Waals surface area (Å²) in [7, 11) is 0. The maximum atomic E-state index is 14.5. The van der Waals surface area contributed by atoms with Crippen LogP contribution in [0.3, 0.4) is 0 Å². The predicted molar refractivity (Wildman–Crippen MR) is 126 cm³/mol. The third-order valence-corrected chi connectivity index (χ3v) is 6.80. The van der Waals surface area contributed by atoms with Crippen LogP contribution in [0, 0.1) is 18.2 Å². The third kappa shape index (κ3) is 3.73. The minimum absolute atomic E-state index is 0.0765. The molecule has 1 N–H and O–H groups in total. The lowest BCUT2D eigenvalue weighted by Crippen LogP contribution is -2.55. The van der Waals surface area contributed by atoms with Crippen molar-refractivity contribution < 1.29 is 14.2 Å². The highest BCUT2D eigenvalue weighted by atomic mass is 19.1. The summed E-state index contributed by atoms with van der Waals surface area (Å²) in [5.74, 6) is 0.0618. The van der Waals surface area contributed by atoms with Crippen molar-refractivity contribution in [1.29, 1.82) is 0 Å². The number of nitrogens with zero attached hydrogens (tertiary/aromatic N) is 5. The van der Waals surface area contributed by atoms with Gasteiger partial charge in [-0.2, -0.15) is 10.2 Å². The van der Waals surface area contributed by atoms with Crippen LogP contribution < -0.4 is 0 Å². The van der Waals surface area contributed by atoms with Gasteiger partial charge in [-0.05, 0) is 42.8 Å². The summed E-state index contributed by atoms with van der Waals surface area (Å²) < 4.78 is 21.5. The van der Waals surface area contributed by atoms with E-state index in [0.29, 0.717) is 39.4 Å². The normalized spacial score (nSPS) is 18.1. The maximum absolute atomic E-state index is 14.5. The number of likely N-dealkylation sites (tertiary alicyclic amines) is 1. The number of aromatic nitrogens is 4. The zero-order valence-corrected chi connectivity index (χ0v) is 19.2. The van der Waals surface area contributed by atoms with Crippen molar-refractivity contribution in [1.82, 2.24) is 24.5 Å². The number of pyridine rings is 1. The van der Waals surface area contributed by atoms with E-state index in [1.807, 2.05) is 31.3 Å². The molecule has 0 aliphatic carbocycles. The fourth-order valence-corrected chi connectivity index (χ4v) is 4.94. The van der Waals surface area contributed by atoms with Gasteiger partial charge in [-0.1, -0.05) is 13.0 Å². The molecule has 2 saturated heterocycles. The van der Waals surface area contributed by atoms with Gasteiger partial charge in [-0.25, -0.2) is 9.37 Å². The van der Waals surface area contributed by atoms with Crippen molar-refractivity contribution >= 4 is 5.65 Å². The van der Waals surface area contributed by atoms with E-state index < -0.39 is 5.82 Å². The Morgan fingerprint density at radius 3 is 2.59 bits per heavy atom. The molecule has 0 radical (unpaired) electrons. The molecular formula is C26H26FN5O2. The van der Waals surface area contributed by atoms with Gasteiger partial charge in [-0.15, -0.1) is 0 Å². The van der Waals surface area contributed by atoms with Crippen LogP contribution >= 0.6 is 0 Å². The Labute approximate surface area is 196 Å². The average Bonchev–Trinajstić information content (AvgIpc) is 3.16. The first-order chi connectivity index (χ1) is 16.4. The standard InChI is InChI=1S/C26H26FN5O2/c1-16-9-32-12-18(7-21(27)25(32)28-16)17-3-4-20(24(33)8-17)23-6-5-22(29-30-23)19-10-31(11-19)13-26(2)14-34-15-26/h3-9,12,19,33H,10-11,13-15H2,1-2H3. The topological polar surface area (TPSA) is 75.8 Å². The summed E-state index contributed by atoms with van der Waals surface area (Å²) in [6.45, 7) is 8.82. The minimum Gasteiger partial charge on any atom is -0.507 e. The second-order valence-electron chi connectivity index (χ2n) is 9.96. The summed E-state index contributed by atoms with van der Waals surface area (Å²) in [5, 5.41) is 19.5. The van der Waals surface area contributed by atoms with Gasteiger partial charge in [-0.3, -0.25) is 0 Å². The van der Waals surface area contributed by atoms with Crippen LogP contribution in [0.5, 0.6) is 5.75 Å². The van der Waals surface area contributed by atoms with Gasteiger partial charge >= 0.3 is 0 Å². The monoisotopic (exact) mass is 459 g/mol. The molecule has 6 rings (SSSR count). The molecule has 0 atom stereocenters. The molecule has 1 aromatic carbocycles. The lowest BCUT2D eigenvalue weighted by molar-refractivity contribution is -0.122. The Balaban J connectivity index is 1.18. The van der Waals surface area contributed by atoms with Gasteiger partial charge in [0.15, 0.2) is 11.5 Å². The molecule has 0 unspecified atom stereocenters. The Kier molecular flexibility index (Phi) is 4.89. The molecule has 2 fully saturated rings. The molecule has 0 saturated carbocycles. The van der Waals surface area contributed by atoms with Crippen molar-refractivity contribution in [2.45, 2.75) is 19.8 Å². The number of aromatic hydroxyl groups is 1. The number of phenolic OH excluding ortho intramolecular Hbond substituents is 1. The molecule has 2 aliphatic heterocycles. The summed E-state index contributed by atoms with van der Waals surface area (Å²) in [6, 6.07) is 10.6. The molecule has 5 heterocycles. The zero-order valence-electron chi connectivity index (χ0n) is 19.2. The van der Waals surface area contributed by atoms with Gasteiger partial charge in [0, 0.05) is 54.5 Å². The number of halogens is 1. The molecule has 0 amide bonds. The molecule has 174 valence electrons. The van der Waals surface area contributed by atoms with E-state index in [-0.39, 0.29) is 5.75 Å². The molecule has 34 heavy (non-hydrogen) atoms. The summed E-state index contributed by atoms with van der Waals surface area (Å²) in [6.07, 6.45) is 3.58. The van der Waals surface area contributed by atoms with Crippen LogP contribution in [0.4, 0.5) is 4.39 Å². The molecule has 3 aromatic heterocycles. The first kappa shape index (κ1) is 21.2. The lowest BCUT2D eigenvalue weighted by atomic mass is 9.85. The van der Waals surface area contributed by atoms with Gasteiger partial charge < -0.3 is 19.1 Å². The Hall–Kier alpha value is -3.36. The second kappa shape index (κ2) is 7.85. The fraction of sp³-hybridized carbons (Fsp3) is 0.346. The SMILES string of the molecule is Cc1cn2cc(-c3ccc(-c4ccc(C5CN(CC6(C)COC6)C5)nn4)c(O)c3)cc(F)c2n1. The number of benzene rings is 1. The van der Waals surface area contributed by atoms with Crippen LogP contribution in [0.1, 0.15) is 24.2 Å². The molecule has 2 aliphatic rings. The molecule has 0 bridgehead atoms. The number of imidazole rings is 1. The van der Waals surface area contributed by atoms with E-state index in [1.54, 1.807) is 22.7 Å². The molecule has 4 aromatic rings. The van der Waals surface area contributed by atoms with E-state index in [4.69, 9.17) is 4.74 Å². The van der Waals surface area contributed by atoms with Crippen LogP contribution in [-0.4, -0.2) is 62.4 Å². The van der Waals surface area contributed by atoms with Crippen LogP contribution in [0.2, 0.25) is 0 Å². The lowest BCUT2D eigenvalue weighted by Gasteiger charge is -2.47. The van der Waals surface area contributed by atoms with Crippen molar-refractivity contribution in [2.75, 3.05) is 32.8 Å². The highest BCUT2D eigenvalue weighted by molar-refractivity contribution is 5.74. The Morgan fingerprint density at radius 2 is 1.91 bits per heavy atom. The number of rotatable bonds is 5. The van der Waals surface area contributed by atoms with Crippen molar-refractivity contribution in [3.63, 3.8) is 0 Å². The highest BCUT2D eigenvalue weighted by Gasteiger charge is 2.39. The van der Waals surface area contributed by atoms with E-state index in [0.717, 1.165) is 44.2 Å². The van der Waals surface area contributed by atoms with Crippen molar-refractivity contribution in [3.8, 4) is 28.1 Å². The number of hydrogen-bond donors (Lipinski definition) is 1. The second-order valence-corrected chi connectivity index (χ2v) is 9.96. The first-order valence-corrected chi connectivity index (χ1v) is 11.5. The Bertz CT molecular complexity index is 1370. The number of phenols is 1. The first-order valence-electron chi connectivity index (χ1n) is 11.5. The summed E-state index contributed by atoms with van der Waals surface area (Å²) in [5.41, 5.74) is 4.86. The summed E-state index contributed by atoms with van der Waals surface area (Å²) >= 11 is 0. The molecule has 8 heteroatoms. The smallest absolute Gasteiger partial charge is 0.173 e. The van der Waals surface area contributed by atoms with Gasteiger partial charge in [0.2, 0.25) is 0 Å². The number of aryl methyl sites for hydroxylation is 1. The average molecular weight is 460 g/mol. The maximum Gasteiger partial charge on any atom is 0.173 e. The van der Waals surface area contributed by atoms with E-state index >= 15 is 0 Å². The minimum atomic E-state index is -0.402. The fourth-order valence-electron chi connectivity index (χ4n) is 4.94. The number of fused-ring (bicyclic) bond motifs is 1. The van der Waals surface area contributed by atoms with Gasteiger partial charge in [0.05, 0.1) is 30.3 Å². The molecule has 7 nitrogen and oxygen atoms in total. The predicted octanol–water partition coefficient (Wildman–Crippen LogP) is 4.05. The molecular weight excluding hydrogens is 433 g/mol. The zero-order chi connectivity index (χ0) is 23.4. The van der Waals surface area contributed by atoms with Crippen molar-refractivity contribution in [2.24, 2.45) is 5.41 Å².